The van der Waals surface area contributed by atoms with E-state index < -0.39 is 0 Å². The Bertz CT molecular complexity index is 382. The van der Waals surface area contributed by atoms with Gasteiger partial charge in [-0.2, -0.15) is 5.26 Å². The van der Waals surface area contributed by atoms with Crippen molar-refractivity contribution in [1.82, 2.24) is 0 Å². The Morgan fingerprint density at radius 3 is 2.76 bits per heavy atom. The summed E-state index contributed by atoms with van der Waals surface area (Å²) < 4.78 is 11.0. The molecule has 3 heteroatoms. The lowest BCUT2D eigenvalue weighted by Crippen LogP contribution is -2.08. The molecule has 0 heterocycles. The average Bonchev–Trinajstić information content (AvgIpc) is 2.35. The number of nitriles is 1. The van der Waals surface area contributed by atoms with Crippen LogP contribution in [0.4, 0.5) is 0 Å². The molecule has 17 heavy (non-hydrogen) atoms. The number of hydrogen-bond acceptors (Lipinski definition) is 3. The average molecular weight is 233 g/mol. The Labute approximate surface area is 103 Å². The summed E-state index contributed by atoms with van der Waals surface area (Å²) in [6.45, 7) is 5.90. The summed E-state index contributed by atoms with van der Waals surface area (Å²) in [5.41, 5.74) is 1.57. The Kier molecular flexibility index (Phi) is 6.13. The molecule has 0 saturated heterocycles. The first-order valence-electron chi connectivity index (χ1n) is 5.99. The van der Waals surface area contributed by atoms with Crippen molar-refractivity contribution in [1.29, 1.82) is 5.26 Å². The van der Waals surface area contributed by atoms with Crippen LogP contribution in [0.15, 0.2) is 18.2 Å². The van der Waals surface area contributed by atoms with Gasteiger partial charge in [-0.3, -0.25) is 0 Å². The van der Waals surface area contributed by atoms with Gasteiger partial charge in [-0.15, -0.1) is 0 Å². The van der Waals surface area contributed by atoms with Crippen molar-refractivity contribution in [3.8, 4) is 11.8 Å². The zero-order valence-electron chi connectivity index (χ0n) is 10.5. The molecule has 0 saturated carbocycles. The maximum atomic E-state index is 8.95. The van der Waals surface area contributed by atoms with Crippen LogP contribution in [0.1, 0.15) is 30.9 Å². The predicted octanol–water partition coefficient (Wildman–Crippen LogP) is 3.06. The number of aryl methyl sites for hydroxylation is 1. The summed E-state index contributed by atoms with van der Waals surface area (Å²) in [5.74, 6) is 0.675. The highest BCUT2D eigenvalue weighted by Crippen LogP contribution is 2.22. The fourth-order valence-electron chi connectivity index (χ4n) is 1.48. The molecule has 0 aromatic heterocycles. The first kappa shape index (κ1) is 13.5. The van der Waals surface area contributed by atoms with Crippen molar-refractivity contribution in [2.24, 2.45) is 0 Å². The number of benzene rings is 1. The summed E-state index contributed by atoms with van der Waals surface area (Å²) in [6.07, 6.45) is 2.21. The molecule has 92 valence electrons. The lowest BCUT2D eigenvalue weighted by Gasteiger charge is -2.10. The van der Waals surface area contributed by atoms with Gasteiger partial charge in [0.25, 0.3) is 0 Å². The number of hydrogen-bond donors (Lipinski definition) is 0. The van der Waals surface area contributed by atoms with Crippen LogP contribution in [0.2, 0.25) is 0 Å². The molecule has 0 aliphatic carbocycles. The first-order chi connectivity index (χ1) is 8.29. The number of para-hydroxylation sites is 1. The van der Waals surface area contributed by atoms with Crippen molar-refractivity contribution in [2.75, 3.05) is 19.8 Å². The highest BCUT2D eigenvalue weighted by Gasteiger charge is 2.05. The van der Waals surface area contributed by atoms with E-state index in [1.807, 2.05) is 19.1 Å². The van der Waals surface area contributed by atoms with Crippen LogP contribution in [0.25, 0.3) is 0 Å². The standard InChI is InChI=1S/C14H19NO2/c1-3-4-8-16-9-10-17-14-12(2)6-5-7-13(14)11-15/h5-7H,3-4,8-10H2,1-2H3. The van der Waals surface area contributed by atoms with E-state index in [-0.39, 0.29) is 0 Å². The molecule has 3 nitrogen and oxygen atoms in total. The lowest BCUT2D eigenvalue weighted by atomic mass is 10.1. The minimum atomic E-state index is 0.489. The van der Waals surface area contributed by atoms with Crippen molar-refractivity contribution >= 4 is 0 Å². The molecule has 0 amide bonds. The Balaban J connectivity index is 2.39. The highest BCUT2D eigenvalue weighted by molar-refractivity contribution is 5.47. The molecular weight excluding hydrogens is 214 g/mol. The summed E-state index contributed by atoms with van der Waals surface area (Å²) in [5, 5.41) is 8.95. The van der Waals surface area contributed by atoms with Crippen molar-refractivity contribution in [3.05, 3.63) is 29.3 Å². The zero-order chi connectivity index (χ0) is 12.5. The third-order valence-electron chi connectivity index (χ3n) is 2.45. The van der Waals surface area contributed by atoms with E-state index in [0.29, 0.717) is 24.5 Å². The predicted molar refractivity (Wildman–Crippen MR) is 67.1 cm³/mol. The fourth-order valence-corrected chi connectivity index (χ4v) is 1.48. The minimum Gasteiger partial charge on any atom is -0.490 e. The highest BCUT2D eigenvalue weighted by atomic mass is 16.5. The van der Waals surface area contributed by atoms with Crippen LogP contribution in [0.3, 0.4) is 0 Å². The van der Waals surface area contributed by atoms with Crippen LogP contribution in [-0.2, 0) is 4.74 Å². The van der Waals surface area contributed by atoms with Crippen LogP contribution >= 0.6 is 0 Å². The molecule has 1 aromatic carbocycles. The van der Waals surface area contributed by atoms with Crippen molar-refractivity contribution in [2.45, 2.75) is 26.7 Å². The van der Waals surface area contributed by atoms with Crippen LogP contribution in [-0.4, -0.2) is 19.8 Å². The molecule has 0 aliphatic heterocycles. The van der Waals surface area contributed by atoms with Gasteiger partial charge in [0.15, 0.2) is 0 Å². The SMILES string of the molecule is CCCCOCCOc1c(C)cccc1C#N. The summed E-state index contributed by atoms with van der Waals surface area (Å²) in [7, 11) is 0. The van der Waals surface area contributed by atoms with Gasteiger partial charge in [-0.05, 0) is 25.0 Å². The Morgan fingerprint density at radius 1 is 1.24 bits per heavy atom. The van der Waals surface area contributed by atoms with Gasteiger partial charge in [-0.1, -0.05) is 25.5 Å². The van der Waals surface area contributed by atoms with Gasteiger partial charge in [0.05, 0.1) is 12.2 Å². The van der Waals surface area contributed by atoms with Crippen LogP contribution in [0.5, 0.6) is 5.75 Å². The third-order valence-corrected chi connectivity index (χ3v) is 2.45. The Hall–Kier alpha value is -1.53. The molecule has 0 unspecified atom stereocenters. The van der Waals surface area contributed by atoms with E-state index in [2.05, 4.69) is 13.0 Å². The molecule has 0 bridgehead atoms. The van der Waals surface area contributed by atoms with Gasteiger partial charge < -0.3 is 9.47 Å². The summed E-state index contributed by atoms with van der Waals surface area (Å²) in [4.78, 5) is 0. The molecule has 0 radical (unpaired) electrons. The second-order valence-corrected chi connectivity index (χ2v) is 3.88. The van der Waals surface area contributed by atoms with Gasteiger partial charge in [0.2, 0.25) is 0 Å². The van der Waals surface area contributed by atoms with Gasteiger partial charge in [0.1, 0.15) is 18.4 Å². The molecule has 0 fully saturated rings. The van der Waals surface area contributed by atoms with Crippen molar-refractivity contribution in [3.63, 3.8) is 0 Å². The first-order valence-corrected chi connectivity index (χ1v) is 5.99. The fraction of sp³-hybridized carbons (Fsp3) is 0.500. The molecule has 0 spiro atoms. The van der Waals surface area contributed by atoms with E-state index in [1.165, 1.54) is 0 Å². The van der Waals surface area contributed by atoms with Gasteiger partial charge in [-0.25, -0.2) is 0 Å². The second kappa shape index (κ2) is 7.70. The molecule has 0 N–H and O–H groups in total. The Morgan fingerprint density at radius 2 is 2.06 bits per heavy atom. The van der Waals surface area contributed by atoms with E-state index >= 15 is 0 Å². The van der Waals surface area contributed by atoms with E-state index in [4.69, 9.17) is 14.7 Å². The van der Waals surface area contributed by atoms with E-state index in [1.54, 1.807) is 6.07 Å². The maximum Gasteiger partial charge on any atom is 0.140 e. The summed E-state index contributed by atoms with van der Waals surface area (Å²) >= 11 is 0. The number of nitrogens with zero attached hydrogens (tertiary/aromatic N) is 1. The van der Waals surface area contributed by atoms with E-state index in [9.17, 15) is 0 Å². The maximum absolute atomic E-state index is 8.95. The summed E-state index contributed by atoms with van der Waals surface area (Å²) in [6, 6.07) is 7.69. The van der Waals surface area contributed by atoms with Crippen LogP contribution in [0, 0.1) is 18.3 Å². The smallest absolute Gasteiger partial charge is 0.140 e. The topological polar surface area (TPSA) is 42.2 Å². The normalized spacial score (nSPS) is 9.94. The van der Waals surface area contributed by atoms with Gasteiger partial charge in [0, 0.05) is 6.61 Å². The quantitative estimate of drug-likeness (QED) is 0.680. The van der Waals surface area contributed by atoms with Gasteiger partial charge >= 0.3 is 0 Å². The molecular formula is C14H19NO2. The monoisotopic (exact) mass is 233 g/mol. The molecule has 1 rings (SSSR count). The third kappa shape index (κ3) is 4.46. The largest absolute Gasteiger partial charge is 0.490 e. The molecule has 0 atom stereocenters. The minimum absolute atomic E-state index is 0.489. The number of rotatable bonds is 7. The molecule has 0 aliphatic rings. The van der Waals surface area contributed by atoms with Crippen LogP contribution < -0.4 is 4.74 Å². The zero-order valence-corrected chi connectivity index (χ0v) is 10.5. The molecule has 1 aromatic rings. The number of unbranched alkanes of at least 4 members (excludes halogenated alkanes) is 1. The van der Waals surface area contributed by atoms with E-state index in [0.717, 1.165) is 25.0 Å². The second-order valence-electron chi connectivity index (χ2n) is 3.88. The van der Waals surface area contributed by atoms with Crippen molar-refractivity contribution < 1.29 is 9.47 Å². The lowest BCUT2D eigenvalue weighted by molar-refractivity contribution is 0.0977. The number of ether oxygens (including phenoxy) is 2.